The average molecular weight is 223 g/mol. The molecule has 0 aliphatic heterocycles. The van der Waals surface area contributed by atoms with E-state index in [1.165, 1.54) is 0 Å². The standard InChI is InChI=1S/C12H21N3O/c1-5-8-15-11(13-9-14-15)7-6-10(16)12(2,3)4/h9H,5-8H2,1-4H3. The maximum atomic E-state index is 11.8. The van der Waals surface area contributed by atoms with E-state index in [0.29, 0.717) is 12.8 Å². The van der Waals surface area contributed by atoms with Gasteiger partial charge < -0.3 is 0 Å². The van der Waals surface area contributed by atoms with Gasteiger partial charge >= 0.3 is 0 Å². The van der Waals surface area contributed by atoms with Crippen molar-refractivity contribution in [1.82, 2.24) is 14.8 Å². The van der Waals surface area contributed by atoms with Crippen LogP contribution in [0.25, 0.3) is 0 Å². The summed E-state index contributed by atoms with van der Waals surface area (Å²) in [6.45, 7) is 8.83. The minimum atomic E-state index is -0.254. The summed E-state index contributed by atoms with van der Waals surface area (Å²) in [7, 11) is 0. The fourth-order valence-electron chi connectivity index (χ4n) is 1.48. The average Bonchev–Trinajstić information content (AvgIpc) is 2.61. The van der Waals surface area contributed by atoms with E-state index in [9.17, 15) is 4.79 Å². The Hall–Kier alpha value is -1.19. The van der Waals surface area contributed by atoms with Crippen LogP contribution in [0, 0.1) is 5.41 Å². The van der Waals surface area contributed by atoms with E-state index in [-0.39, 0.29) is 11.2 Å². The normalized spacial score (nSPS) is 11.8. The highest BCUT2D eigenvalue weighted by molar-refractivity contribution is 5.83. The quantitative estimate of drug-likeness (QED) is 0.769. The lowest BCUT2D eigenvalue weighted by Gasteiger charge is -2.16. The first kappa shape index (κ1) is 12.9. The van der Waals surface area contributed by atoms with E-state index in [4.69, 9.17) is 0 Å². The van der Waals surface area contributed by atoms with Crippen LogP contribution in [-0.4, -0.2) is 20.5 Å². The number of hydrogen-bond acceptors (Lipinski definition) is 3. The summed E-state index contributed by atoms with van der Waals surface area (Å²) >= 11 is 0. The van der Waals surface area contributed by atoms with Gasteiger partial charge in [-0.25, -0.2) is 4.98 Å². The molecule has 0 unspecified atom stereocenters. The van der Waals surface area contributed by atoms with E-state index < -0.39 is 0 Å². The Morgan fingerprint density at radius 2 is 2.12 bits per heavy atom. The summed E-state index contributed by atoms with van der Waals surface area (Å²) in [6, 6.07) is 0. The van der Waals surface area contributed by atoms with Crippen LogP contribution >= 0.6 is 0 Å². The van der Waals surface area contributed by atoms with Gasteiger partial charge in [-0.1, -0.05) is 27.7 Å². The van der Waals surface area contributed by atoms with E-state index in [2.05, 4.69) is 17.0 Å². The molecule has 0 amide bonds. The summed E-state index contributed by atoms with van der Waals surface area (Å²) in [4.78, 5) is 16.0. The van der Waals surface area contributed by atoms with Crippen LogP contribution in [0.1, 0.15) is 46.4 Å². The van der Waals surface area contributed by atoms with Crippen LogP contribution in [0.2, 0.25) is 0 Å². The maximum Gasteiger partial charge on any atom is 0.138 e. The third-order valence-electron chi connectivity index (χ3n) is 2.54. The number of nitrogens with zero attached hydrogens (tertiary/aromatic N) is 3. The molecule has 1 aromatic heterocycles. The largest absolute Gasteiger partial charge is 0.299 e. The smallest absolute Gasteiger partial charge is 0.138 e. The van der Waals surface area contributed by atoms with Crippen molar-refractivity contribution in [1.29, 1.82) is 0 Å². The highest BCUT2D eigenvalue weighted by Gasteiger charge is 2.21. The van der Waals surface area contributed by atoms with Gasteiger partial charge in [-0.3, -0.25) is 9.48 Å². The van der Waals surface area contributed by atoms with Gasteiger partial charge in [0.1, 0.15) is 17.9 Å². The predicted octanol–water partition coefficient (Wildman–Crippen LogP) is 2.24. The Morgan fingerprint density at radius 1 is 1.44 bits per heavy atom. The number of carbonyl (C=O) groups excluding carboxylic acids is 1. The summed E-state index contributed by atoms with van der Waals surface area (Å²) in [5.41, 5.74) is -0.254. The molecular formula is C12H21N3O. The van der Waals surface area contributed by atoms with Crippen molar-refractivity contribution in [2.75, 3.05) is 0 Å². The van der Waals surface area contributed by atoms with E-state index in [1.54, 1.807) is 6.33 Å². The second-order valence-electron chi connectivity index (χ2n) is 5.07. The third kappa shape index (κ3) is 3.43. The molecule has 0 atom stereocenters. The number of rotatable bonds is 5. The van der Waals surface area contributed by atoms with Crippen molar-refractivity contribution in [2.24, 2.45) is 5.41 Å². The number of aromatic nitrogens is 3. The first-order valence-corrected chi connectivity index (χ1v) is 5.85. The lowest BCUT2D eigenvalue weighted by atomic mass is 9.88. The molecule has 0 spiro atoms. The molecule has 0 N–H and O–H groups in total. The second-order valence-corrected chi connectivity index (χ2v) is 5.07. The number of ketones is 1. The summed E-state index contributed by atoms with van der Waals surface area (Å²) in [6.07, 6.45) is 3.83. The molecule has 4 heteroatoms. The van der Waals surface area contributed by atoms with Crippen LogP contribution in [-0.2, 0) is 17.8 Å². The zero-order valence-corrected chi connectivity index (χ0v) is 10.7. The lowest BCUT2D eigenvalue weighted by Crippen LogP contribution is -2.21. The Morgan fingerprint density at radius 3 is 2.69 bits per heavy atom. The van der Waals surface area contributed by atoms with Gasteiger partial charge in [0, 0.05) is 24.8 Å². The van der Waals surface area contributed by atoms with Gasteiger partial charge in [0.25, 0.3) is 0 Å². The minimum Gasteiger partial charge on any atom is -0.299 e. The lowest BCUT2D eigenvalue weighted by molar-refractivity contribution is -0.126. The summed E-state index contributed by atoms with van der Waals surface area (Å²) in [5, 5.41) is 4.14. The van der Waals surface area contributed by atoms with Gasteiger partial charge in [-0.15, -0.1) is 0 Å². The van der Waals surface area contributed by atoms with E-state index in [0.717, 1.165) is 18.8 Å². The Labute approximate surface area is 97.1 Å². The van der Waals surface area contributed by atoms with Crippen LogP contribution in [0.3, 0.4) is 0 Å². The maximum absolute atomic E-state index is 11.8. The summed E-state index contributed by atoms with van der Waals surface area (Å²) < 4.78 is 1.88. The molecule has 0 saturated heterocycles. The second kappa shape index (κ2) is 5.23. The van der Waals surface area contributed by atoms with Crippen molar-refractivity contribution in [2.45, 2.75) is 53.5 Å². The van der Waals surface area contributed by atoms with Crippen LogP contribution in [0.15, 0.2) is 6.33 Å². The van der Waals surface area contributed by atoms with Crippen molar-refractivity contribution >= 4 is 5.78 Å². The Kier molecular flexibility index (Phi) is 4.21. The molecule has 90 valence electrons. The predicted molar refractivity (Wildman–Crippen MR) is 63.1 cm³/mol. The fourth-order valence-corrected chi connectivity index (χ4v) is 1.48. The third-order valence-corrected chi connectivity index (χ3v) is 2.54. The first-order valence-electron chi connectivity index (χ1n) is 5.85. The van der Waals surface area contributed by atoms with Crippen molar-refractivity contribution in [3.8, 4) is 0 Å². The Bertz CT molecular complexity index is 349. The van der Waals surface area contributed by atoms with Crippen molar-refractivity contribution < 1.29 is 4.79 Å². The zero-order chi connectivity index (χ0) is 12.2. The van der Waals surface area contributed by atoms with E-state index >= 15 is 0 Å². The zero-order valence-electron chi connectivity index (χ0n) is 10.7. The number of carbonyl (C=O) groups is 1. The van der Waals surface area contributed by atoms with Gasteiger partial charge in [0.15, 0.2) is 0 Å². The van der Waals surface area contributed by atoms with Crippen LogP contribution < -0.4 is 0 Å². The Balaban J connectivity index is 2.54. The van der Waals surface area contributed by atoms with Gasteiger partial charge in [-0.2, -0.15) is 5.10 Å². The molecule has 0 aliphatic rings. The fraction of sp³-hybridized carbons (Fsp3) is 0.750. The van der Waals surface area contributed by atoms with Gasteiger partial charge in [0.2, 0.25) is 0 Å². The minimum absolute atomic E-state index is 0.254. The molecule has 4 nitrogen and oxygen atoms in total. The molecule has 0 bridgehead atoms. The SMILES string of the molecule is CCCn1ncnc1CCC(=O)C(C)(C)C. The molecule has 0 aliphatic carbocycles. The monoisotopic (exact) mass is 223 g/mol. The first-order chi connectivity index (χ1) is 7.45. The molecule has 1 heterocycles. The molecule has 1 rings (SSSR count). The topological polar surface area (TPSA) is 47.8 Å². The molecule has 0 aromatic carbocycles. The molecule has 1 aromatic rings. The number of aryl methyl sites for hydroxylation is 2. The molecule has 0 saturated carbocycles. The van der Waals surface area contributed by atoms with Gasteiger partial charge in [0.05, 0.1) is 0 Å². The van der Waals surface area contributed by atoms with Crippen molar-refractivity contribution in [3.63, 3.8) is 0 Å². The highest BCUT2D eigenvalue weighted by Crippen LogP contribution is 2.17. The number of Topliss-reactive ketones (excluding diaryl/α,β-unsaturated/α-hetero) is 1. The van der Waals surface area contributed by atoms with Crippen LogP contribution in [0.4, 0.5) is 0 Å². The van der Waals surface area contributed by atoms with Crippen LogP contribution in [0.5, 0.6) is 0 Å². The van der Waals surface area contributed by atoms with Crippen molar-refractivity contribution in [3.05, 3.63) is 12.2 Å². The molecular weight excluding hydrogens is 202 g/mol. The molecule has 16 heavy (non-hydrogen) atoms. The highest BCUT2D eigenvalue weighted by atomic mass is 16.1. The molecule has 0 radical (unpaired) electrons. The van der Waals surface area contributed by atoms with Gasteiger partial charge in [-0.05, 0) is 6.42 Å². The summed E-state index contributed by atoms with van der Waals surface area (Å²) in [5.74, 6) is 1.19. The number of hydrogen-bond donors (Lipinski definition) is 0. The van der Waals surface area contributed by atoms with E-state index in [1.807, 2.05) is 25.5 Å². The molecule has 0 fully saturated rings.